The minimum Gasteiger partial charge on any atom is -0.497 e. The van der Waals surface area contributed by atoms with E-state index < -0.39 is 18.0 Å². The first-order valence-electron chi connectivity index (χ1n) is 5.35. The summed E-state index contributed by atoms with van der Waals surface area (Å²) in [7, 11) is 1.41. The highest BCUT2D eigenvalue weighted by molar-refractivity contribution is 7.22. The third-order valence-corrected chi connectivity index (χ3v) is 3.39. The van der Waals surface area contributed by atoms with E-state index in [1.807, 2.05) is 0 Å². The predicted molar refractivity (Wildman–Crippen MR) is 65.8 cm³/mol. The van der Waals surface area contributed by atoms with E-state index in [1.165, 1.54) is 30.6 Å². The smallest absolute Gasteiger partial charge is 0.463 e. The van der Waals surface area contributed by atoms with Gasteiger partial charge in [-0.25, -0.2) is 4.98 Å². The molecule has 0 atom stereocenters. The van der Waals surface area contributed by atoms with Crippen molar-refractivity contribution in [1.29, 1.82) is 0 Å². The quantitative estimate of drug-likeness (QED) is 0.879. The number of carbonyl (C=O) groups excluding carboxylic acids is 1. The van der Waals surface area contributed by atoms with Gasteiger partial charge in [-0.3, -0.25) is 10.1 Å². The van der Waals surface area contributed by atoms with Crippen LogP contribution in [0.25, 0.3) is 10.2 Å². The highest BCUT2D eigenvalue weighted by atomic mass is 32.1. The minimum absolute atomic E-state index is 0.339. The topological polar surface area (TPSA) is 51.2 Å². The fraction of sp³-hybridized carbons (Fsp3) is 0.273. The fourth-order valence-corrected chi connectivity index (χ4v) is 2.28. The van der Waals surface area contributed by atoms with Crippen molar-refractivity contribution >= 4 is 32.6 Å². The number of nitrogens with zero attached hydrogens (tertiary/aromatic N) is 1. The summed E-state index contributed by atoms with van der Waals surface area (Å²) in [5.41, 5.74) is 0.339. The first-order valence-corrected chi connectivity index (χ1v) is 6.17. The number of methoxy groups -OCH3 is 1. The molecule has 0 aliphatic heterocycles. The number of hydrogen-bond donors (Lipinski definition) is 1. The Balaban J connectivity index is 2.26. The van der Waals surface area contributed by atoms with Crippen LogP contribution in [0, 0.1) is 0 Å². The molecule has 0 saturated carbocycles. The van der Waals surface area contributed by atoms with Crippen molar-refractivity contribution in [1.82, 2.24) is 4.98 Å². The third-order valence-electron chi connectivity index (χ3n) is 2.46. The van der Waals surface area contributed by atoms with Crippen LogP contribution in [0.4, 0.5) is 27.1 Å². The van der Waals surface area contributed by atoms with Crippen molar-refractivity contribution in [3.05, 3.63) is 18.2 Å². The van der Waals surface area contributed by atoms with E-state index in [0.717, 1.165) is 11.3 Å². The summed E-state index contributed by atoms with van der Waals surface area (Å²) in [4.78, 5) is 14.8. The number of halogens is 5. The summed E-state index contributed by atoms with van der Waals surface area (Å²) in [5.74, 6) is -7.49. The molecule has 1 aromatic heterocycles. The number of benzene rings is 1. The van der Waals surface area contributed by atoms with Gasteiger partial charge in [-0.2, -0.15) is 22.0 Å². The van der Waals surface area contributed by atoms with Gasteiger partial charge in [-0.05, 0) is 18.2 Å². The van der Waals surface area contributed by atoms with E-state index in [2.05, 4.69) is 4.98 Å². The maximum Gasteiger partial charge on any atom is 0.463 e. The second kappa shape index (κ2) is 5.10. The lowest BCUT2D eigenvalue weighted by Gasteiger charge is -2.17. The van der Waals surface area contributed by atoms with Gasteiger partial charge in [0.1, 0.15) is 5.75 Å². The molecule has 1 amide bonds. The second-order valence-electron chi connectivity index (χ2n) is 3.88. The molecule has 0 aliphatic carbocycles. The van der Waals surface area contributed by atoms with Crippen LogP contribution in [0.15, 0.2) is 18.2 Å². The minimum atomic E-state index is -5.96. The van der Waals surface area contributed by atoms with Crippen LogP contribution >= 0.6 is 11.3 Å². The number of hydrogen-bond acceptors (Lipinski definition) is 4. The van der Waals surface area contributed by atoms with E-state index in [1.54, 1.807) is 0 Å². The number of anilines is 1. The Morgan fingerprint density at radius 2 is 1.95 bits per heavy atom. The van der Waals surface area contributed by atoms with E-state index in [4.69, 9.17) is 4.74 Å². The summed E-state index contributed by atoms with van der Waals surface area (Å²) in [6.07, 6.45) is -5.96. The number of amides is 1. The number of fused-ring (bicyclic) bond motifs is 1. The molecule has 1 N–H and O–H groups in total. The fourth-order valence-electron chi connectivity index (χ4n) is 1.39. The van der Waals surface area contributed by atoms with Crippen LogP contribution < -0.4 is 10.1 Å². The Labute approximate surface area is 118 Å². The molecular weight excluding hydrogens is 319 g/mol. The lowest BCUT2D eigenvalue weighted by molar-refractivity contribution is -0.267. The van der Waals surface area contributed by atoms with E-state index in [9.17, 15) is 26.7 Å². The standard InChI is InChI=1S/C11H7F5N2O2S/c1-20-5-2-3-6-7(4-5)21-9(17-6)18-8(19)10(12,13)11(14,15)16/h2-4H,1H3,(H,17,18,19). The molecule has 2 rings (SSSR count). The number of rotatable bonds is 3. The first-order chi connectivity index (χ1) is 9.65. The Kier molecular flexibility index (Phi) is 3.74. The van der Waals surface area contributed by atoms with Crippen LogP contribution in [-0.2, 0) is 4.79 Å². The number of carbonyl (C=O) groups is 1. The highest BCUT2D eigenvalue weighted by Crippen LogP contribution is 2.37. The molecule has 1 aromatic carbocycles. The highest BCUT2D eigenvalue weighted by Gasteiger charge is 2.63. The zero-order valence-corrected chi connectivity index (χ0v) is 11.1. The Morgan fingerprint density at radius 3 is 2.52 bits per heavy atom. The molecule has 2 aromatic rings. The van der Waals surface area contributed by atoms with Crippen molar-refractivity contribution in [2.24, 2.45) is 0 Å². The van der Waals surface area contributed by atoms with E-state index in [-0.39, 0.29) is 5.13 Å². The number of nitrogens with one attached hydrogen (secondary N) is 1. The van der Waals surface area contributed by atoms with Gasteiger partial charge in [0.05, 0.1) is 17.3 Å². The SMILES string of the molecule is COc1ccc2nc(NC(=O)C(F)(F)C(F)(F)F)sc2c1. The lowest BCUT2D eigenvalue weighted by atomic mass is 10.3. The number of ether oxygens (including phenoxy) is 1. The maximum atomic E-state index is 12.8. The second-order valence-corrected chi connectivity index (χ2v) is 4.91. The van der Waals surface area contributed by atoms with Gasteiger partial charge in [-0.15, -0.1) is 0 Å². The third kappa shape index (κ3) is 2.89. The molecule has 4 nitrogen and oxygen atoms in total. The van der Waals surface area contributed by atoms with Crippen molar-refractivity contribution in [3.63, 3.8) is 0 Å². The van der Waals surface area contributed by atoms with Gasteiger partial charge >= 0.3 is 18.0 Å². The molecule has 0 saturated heterocycles. The van der Waals surface area contributed by atoms with Crippen molar-refractivity contribution < 1.29 is 31.5 Å². The summed E-state index contributed by atoms with van der Waals surface area (Å²) >= 11 is 0.758. The molecule has 1 heterocycles. The molecule has 21 heavy (non-hydrogen) atoms. The van der Waals surface area contributed by atoms with Crippen LogP contribution in [0.1, 0.15) is 0 Å². The monoisotopic (exact) mass is 326 g/mol. The van der Waals surface area contributed by atoms with E-state index >= 15 is 0 Å². The Bertz CT molecular complexity index is 683. The Morgan fingerprint density at radius 1 is 1.29 bits per heavy atom. The van der Waals surface area contributed by atoms with E-state index in [0.29, 0.717) is 16.0 Å². The molecule has 114 valence electrons. The van der Waals surface area contributed by atoms with Crippen LogP contribution in [0.3, 0.4) is 0 Å². The summed E-state index contributed by atoms with van der Waals surface area (Å²) in [5, 5.41) is 1.12. The van der Waals surface area contributed by atoms with Crippen molar-refractivity contribution in [2.45, 2.75) is 12.1 Å². The van der Waals surface area contributed by atoms with Crippen molar-refractivity contribution in [3.8, 4) is 5.75 Å². The zero-order valence-electron chi connectivity index (χ0n) is 10.3. The molecule has 0 aliphatic rings. The molecule has 0 fully saturated rings. The molecule has 10 heteroatoms. The van der Waals surface area contributed by atoms with Gasteiger partial charge in [0.25, 0.3) is 0 Å². The normalized spacial score (nSPS) is 12.5. The number of aromatic nitrogens is 1. The number of thiazole rings is 1. The zero-order chi connectivity index (χ0) is 15.8. The predicted octanol–water partition coefficient (Wildman–Crippen LogP) is 3.44. The largest absolute Gasteiger partial charge is 0.497 e. The molecular formula is C11H7F5N2O2S. The first kappa shape index (κ1) is 15.4. The van der Waals surface area contributed by atoms with Gasteiger partial charge < -0.3 is 4.74 Å². The van der Waals surface area contributed by atoms with Crippen LogP contribution in [0.2, 0.25) is 0 Å². The summed E-state index contributed by atoms with van der Waals surface area (Å²) in [6, 6.07) is 4.55. The number of alkyl halides is 5. The van der Waals surface area contributed by atoms with Crippen LogP contribution in [-0.4, -0.2) is 30.1 Å². The molecule has 0 unspecified atom stereocenters. The van der Waals surface area contributed by atoms with Gasteiger partial charge in [0.2, 0.25) is 0 Å². The molecule has 0 radical (unpaired) electrons. The van der Waals surface area contributed by atoms with Gasteiger partial charge in [0, 0.05) is 0 Å². The van der Waals surface area contributed by atoms with Crippen molar-refractivity contribution in [2.75, 3.05) is 12.4 Å². The van der Waals surface area contributed by atoms with Gasteiger partial charge in [0.15, 0.2) is 5.13 Å². The molecule has 0 bridgehead atoms. The average molecular weight is 326 g/mol. The summed E-state index contributed by atoms with van der Waals surface area (Å²) < 4.78 is 67.2. The lowest BCUT2D eigenvalue weighted by Crippen LogP contribution is -2.47. The maximum absolute atomic E-state index is 12.8. The molecule has 0 spiro atoms. The van der Waals surface area contributed by atoms with Gasteiger partial charge in [-0.1, -0.05) is 11.3 Å². The average Bonchev–Trinajstić information content (AvgIpc) is 2.78. The van der Waals surface area contributed by atoms with Crippen LogP contribution in [0.5, 0.6) is 5.75 Å². The Hall–Kier alpha value is -1.97. The summed E-state index contributed by atoms with van der Waals surface area (Å²) in [6.45, 7) is 0.